The van der Waals surface area contributed by atoms with Crippen LogP contribution in [-0.2, 0) is 9.47 Å². The van der Waals surface area contributed by atoms with E-state index in [4.69, 9.17) is 9.47 Å². The lowest BCUT2D eigenvalue weighted by Crippen LogP contribution is -2.49. The maximum atomic E-state index is 9.25. The van der Waals surface area contributed by atoms with Gasteiger partial charge in [-0.3, -0.25) is 4.90 Å². The highest BCUT2D eigenvalue weighted by molar-refractivity contribution is 4.83. The number of piperidine rings is 1. The number of aliphatic hydroxyl groups excluding tert-OH is 1. The third-order valence-corrected chi connectivity index (χ3v) is 3.17. The summed E-state index contributed by atoms with van der Waals surface area (Å²) in [5, 5.41) is 9.25. The van der Waals surface area contributed by atoms with Crippen molar-refractivity contribution in [2.24, 2.45) is 0 Å². The molecule has 2 rings (SSSR count). The molecule has 2 heterocycles. The van der Waals surface area contributed by atoms with E-state index in [1.54, 1.807) is 0 Å². The Morgan fingerprint density at radius 3 is 2.80 bits per heavy atom. The van der Waals surface area contributed by atoms with E-state index < -0.39 is 0 Å². The summed E-state index contributed by atoms with van der Waals surface area (Å²) in [5.74, 6) is -0.322. The van der Waals surface area contributed by atoms with Crippen molar-refractivity contribution in [2.75, 3.05) is 32.8 Å². The van der Waals surface area contributed by atoms with E-state index in [-0.39, 0.29) is 11.9 Å². The monoisotopic (exact) mass is 215 g/mol. The summed E-state index contributed by atoms with van der Waals surface area (Å²) in [7, 11) is 0. The topological polar surface area (TPSA) is 41.9 Å². The minimum atomic E-state index is -0.322. The number of aliphatic hydroxyl groups is 1. The molecule has 0 aromatic rings. The normalized spacial score (nSPS) is 28.4. The summed E-state index contributed by atoms with van der Waals surface area (Å²) in [4.78, 5) is 2.33. The Labute approximate surface area is 91.2 Å². The lowest BCUT2D eigenvalue weighted by Gasteiger charge is -2.38. The van der Waals surface area contributed by atoms with Crippen LogP contribution in [-0.4, -0.2) is 54.7 Å². The zero-order valence-electron chi connectivity index (χ0n) is 9.45. The number of ether oxygens (including phenoxy) is 2. The third kappa shape index (κ3) is 2.91. The highest BCUT2D eigenvalue weighted by atomic mass is 16.7. The predicted octanol–water partition coefficient (Wildman–Crippen LogP) is 0.596. The Bertz CT molecular complexity index is 202. The molecule has 1 N–H and O–H groups in total. The molecule has 0 aromatic carbocycles. The lowest BCUT2D eigenvalue weighted by atomic mass is 10.0. The van der Waals surface area contributed by atoms with Crippen LogP contribution in [0.5, 0.6) is 0 Å². The molecular formula is C11H21NO3. The van der Waals surface area contributed by atoms with E-state index in [0.717, 1.165) is 52.1 Å². The van der Waals surface area contributed by atoms with Crippen molar-refractivity contribution < 1.29 is 14.6 Å². The molecule has 2 aliphatic heterocycles. The van der Waals surface area contributed by atoms with Crippen molar-refractivity contribution in [1.29, 1.82) is 0 Å². The molecular weight excluding hydrogens is 194 g/mol. The number of likely N-dealkylation sites (tertiary alicyclic amines) is 1. The maximum absolute atomic E-state index is 9.25. The van der Waals surface area contributed by atoms with Gasteiger partial charge in [-0.25, -0.2) is 0 Å². The summed E-state index contributed by atoms with van der Waals surface area (Å²) in [6, 6.07) is 0. The third-order valence-electron chi connectivity index (χ3n) is 3.17. The van der Waals surface area contributed by atoms with Gasteiger partial charge in [0.25, 0.3) is 0 Å². The van der Waals surface area contributed by atoms with Gasteiger partial charge in [0, 0.05) is 13.0 Å². The number of hydrogen-bond donors (Lipinski definition) is 1. The molecule has 0 bridgehead atoms. The van der Waals surface area contributed by atoms with Crippen molar-refractivity contribution in [1.82, 2.24) is 4.90 Å². The molecule has 2 fully saturated rings. The van der Waals surface area contributed by atoms with Crippen LogP contribution in [0.25, 0.3) is 0 Å². The van der Waals surface area contributed by atoms with E-state index in [2.05, 4.69) is 4.90 Å². The van der Waals surface area contributed by atoms with Gasteiger partial charge in [0.05, 0.1) is 25.9 Å². The van der Waals surface area contributed by atoms with Gasteiger partial charge in [0.2, 0.25) is 0 Å². The van der Waals surface area contributed by atoms with E-state index in [0.29, 0.717) is 0 Å². The fourth-order valence-electron chi connectivity index (χ4n) is 2.36. The lowest BCUT2D eigenvalue weighted by molar-refractivity contribution is -0.189. The first kappa shape index (κ1) is 11.3. The molecule has 1 unspecified atom stereocenters. The molecule has 1 spiro atoms. The van der Waals surface area contributed by atoms with E-state index >= 15 is 0 Å². The summed E-state index contributed by atoms with van der Waals surface area (Å²) in [5.41, 5.74) is 0. The van der Waals surface area contributed by atoms with Gasteiger partial charge >= 0.3 is 0 Å². The molecule has 2 saturated heterocycles. The molecule has 4 nitrogen and oxygen atoms in total. The summed E-state index contributed by atoms with van der Waals surface area (Å²) in [6.07, 6.45) is 2.75. The van der Waals surface area contributed by atoms with Crippen LogP contribution < -0.4 is 0 Å². The summed E-state index contributed by atoms with van der Waals surface area (Å²) in [6.45, 7) is 6.18. The zero-order chi connectivity index (χ0) is 10.7. The van der Waals surface area contributed by atoms with E-state index in [1.165, 1.54) is 0 Å². The van der Waals surface area contributed by atoms with E-state index in [1.807, 2.05) is 6.92 Å². The quantitative estimate of drug-likeness (QED) is 0.748. The van der Waals surface area contributed by atoms with Gasteiger partial charge in [-0.15, -0.1) is 0 Å². The SMILES string of the molecule is CC(O)CCN1CCCC2(C1)OCCO2. The van der Waals surface area contributed by atoms with Crippen molar-refractivity contribution in [2.45, 2.75) is 38.1 Å². The molecule has 0 aromatic heterocycles. The van der Waals surface area contributed by atoms with Gasteiger partial charge < -0.3 is 14.6 Å². The van der Waals surface area contributed by atoms with Crippen LogP contribution in [0.2, 0.25) is 0 Å². The number of hydrogen-bond acceptors (Lipinski definition) is 4. The van der Waals surface area contributed by atoms with Crippen molar-refractivity contribution in [3.63, 3.8) is 0 Å². The molecule has 88 valence electrons. The van der Waals surface area contributed by atoms with Gasteiger partial charge in [-0.2, -0.15) is 0 Å². The Morgan fingerprint density at radius 2 is 2.13 bits per heavy atom. The van der Waals surface area contributed by atoms with Crippen LogP contribution in [0.4, 0.5) is 0 Å². The van der Waals surface area contributed by atoms with Crippen molar-refractivity contribution in [3.8, 4) is 0 Å². The number of nitrogens with zero attached hydrogens (tertiary/aromatic N) is 1. The Hall–Kier alpha value is -0.160. The van der Waals surface area contributed by atoms with Crippen molar-refractivity contribution >= 4 is 0 Å². The minimum Gasteiger partial charge on any atom is -0.393 e. The molecule has 15 heavy (non-hydrogen) atoms. The molecule has 1 atom stereocenters. The standard InChI is InChI=1S/C11H21NO3/c1-10(13)3-6-12-5-2-4-11(9-12)14-7-8-15-11/h10,13H,2-9H2,1H3. The van der Waals surface area contributed by atoms with Gasteiger partial charge in [0.15, 0.2) is 5.79 Å². The Balaban J connectivity index is 1.81. The van der Waals surface area contributed by atoms with Crippen LogP contribution in [0.1, 0.15) is 26.2 Å². The maximum Gasteiger partial charge on any atom is 0.181 e. The van der Waals surface area contributed by atoms with Crippen LogP contribution in [0, 0.1) is 0 Å². The Morgan fingerprint density at radius 1 is 1.40 bits per heavy atom. The second-order valence-electron chi connectivity index (χ2n) is 4.63. The van der Waals surface area contributed by atoms with Crippen LogP contribution >= 0.6 is 0 Å². The fourth-order valence-corrected chi connectivity index (χ4v) is 2.36. The Kier molecular flexibility index (Phi) is 3.61. The first-order valence-corrected chi connectivity index (χ1v) is 5.89. The van der Waals surface area contributed by atoms with Crippen molar-refractivity contribution in [3.05, 3.63) is 0 Å². The first-order chi connectivity index (χ1) is 7.20. The first-order valence-electron chi connectivity index (χ1n) is 5.89. The molecule has 0 amide bonds. The highest BCUT2D eigenvalue weighted by Crippen LogP contribution is 2.29. The summed E-state index contributed by atoms with van der Waals surface area (Å²) < 4.78 is 11.4. The summed E-state index contributed by atoms with van der Waals surface area (Å²) >= 11 is 0. The van der Waals surface area contributed by atoms with Crippen LogP contribution in [0.15, 0.2) is 0 Å². The van der Waals surface area contributed by atoms with Gasteiger partial charge in [0.1, 0.15) is 0 Å². The fraction of sp³-hybridized carbons (Fsp3) is 1.00. The smallest absolute Gasteiger partial charge is 0.181 e. The minimum absolute atomic E-state index is 0.215. The zero-order valence-corrected chi connectivity index (χ0v) is 9.45. The van der Waals surface area contributed by atoms with E-state index in [9.17, 15) is 5.11 Å². The largest absolute Gasteiger partial charge is 0.393 e. The molecule has 4 heteroatoms. The second kappa shape index (κ2) is 4.78. The second-order valence-corrected chi connectivity index (χ2v) is 4.63. The van der Waals surface area contributed by atoms with Gasteiger partial charge in [-0.05, 0) is 26.3 Å². The predicted molar refractivity (Wildman–Crippen MR) is 56.6 cm³/mol. The molecule has 0 radical (unpaired) electrons. The average molecular weight is 215 g/mol. The highest BCUT2D eigenvalue weighted by Gasteiger charge is 2.40. The van der Waals surface area contributed by atoms with Crippen LogP contribution in [0.3, 0.4) is 0 Å². The number of rotatable bonds is 3. The molecule has 0 aliphatic carbocycles. The average Bonchev–Trinajstić information content (AvgIpc) is 2.63. The molecule has 2 aliphatic rings. The van der Waals surface area contributed by atoms with Gasteiger partial charge in [-0.1, -0.05) is 0 Å². The molecule has 0 saturated carbocycles.